The van der Waals surface area contributed by atoms with Gasteiger partial charge in [-0.2, -0.15) is 0 Å². The SMILES string of the molecule is CC(=O)N[C@@H]1[C@H](O[C@H]2[C@H](OCc3ccccc3)[C@@H](OCc3ccccc3)[C@@H](O[C@@H]3[C@@H](OCc4ccccc4)[C@H](C)O[C@@H](O)[C@@H]3OCc3ccccc3)O[C@@H]2COCc2ccccc2)O[C@H](COC(=O)c2ccccc2)[C@@H](OC(=O)c2ccccc2)[C@@H]1OC(=O)c1ccccc1. The van der Waals surface area contributed by atoms with Crippen LogP contribution < -0.4 is 5.32 Å². The Kier molecular flexibility index (Phi) is 24.2. The lowest BCUT2D eigenvalue weighted by atomic mass is 9.94. The molecule has 8 aromatic carbocycles. The molecule has 0 aromatic heterocycles. The standard InChI is InChI=1S/C76H77NO18/c1-50-63(84-44-53-29-13-4-14-30-53)68(69(74(82)89-50)86-46-55-33-17-6-18-34-55)95-76-70(87-47-56-35-19-7-20-36-56)67(85-45-54-31-15-5-16-32-54)65(60(91-76)48-83-43-52-27-11-3-12-28-52)94-75-62(77-51(2)78)66(93-73(81)59-41-25-10-26-42-59)64(92-72(80)58-39-23-9-24-40-58)61(90-75)49-88-71(79)57-37-21-8-22-38-57/h3-42,50,60-70,74-76,82H,43-49H2,1-2H3,(H,77,78)/t50-,60+,61+,62-,63-,64+,65+,66+,67-,68+,69+,70+,74+,75-,76+/m0/s1. The summed E-state index contributed by atoms with van der Waals surface area (Å²) < 4.78 is 88.6. The van der Waals surface area contributed by atoms with E-state index in [0.29, 0.717) is 0 Å². The average molecular weight is 1290 g/mol. The van der Waals surface area contributed by atoms with E-state index in [0.717, 1.165) is 27.8 Å². The van der Waals surface area contributed by atoms with Gasteiger partial charge in [0.05, 0.1) is 62.4 Å². The van der Waals surface area contributed by atoms with Crippen LogP contribution in [-0.2, 0) is 99.4 Å². The molecule has 2 N–H and O–H groups in total. The summed E-state index contributed by atoms with van der Waals surface area (Å²) in [6.45, 7) is 2.46. The second-order valence-corrected chi connectivity index (χ2v) is 23.2. The lowest BCUT2D eigenvalue weighted by Gasteiger charge is -2.51. The van der Waals surface area contributed by atoms with Crippen molar-refractivity contribution in [3.05, 3.63) is 287 Å². The second kappa shape index (κ2) is 34.0. The minimum absolute atomic E-state index is 0.0221. The Morgan fingerprint density at radius 3 is 1.21 bits per heavy atom. The number of nitrogens with one attached hydrogen (secondary N) is 1. The predicted molar refractivity (Wildman–Crippen MR) is 345 cm³/mol. The molecule has 3 fully saturated rings. The van der Waals surface area contributed by atoms with Gasteiger partial charge < -0.3 is 72.0 Å². The Balaban J connectivity index is 1.04. The third-order valence-corrected chi connectivity index (χ3v) is 16.4. The number of rotatable bonds is 28. The molecule has 0 radical (unpaired) electrons. The van der Waals surface area contributed by atoms with Gasteiger partial charge in [-0.05, 0) is 71.1 Å². The summed E-state index contributed by atoms with van der Waals surface area (Å²) in [6.07, 6.45) is -18.5. The van der Waals surface area contributed by atoms with Gasteiger partial charge >= 0.3 is 17.9 Å². The first-order valence-corrected chi connectivity index (χ1v) is 31.7. The first-order chi connectivity index (χ1) is 46.5. The van der Waals surface area contributed by atoms with E-state index in [1.54, 1.807) is 97.9 Å². The molecule has 1 amide bonds. The lowest BCUT2D eigenvalue weighted by Crippen LogP contribution is -2.70. The van der Waals surface area contributed by atoms with E-state index in [2.05, 4.69) is 5.32 Å². The van der Waals surface area contributed by atoms with Crippen molar-refractivity contribution in [2.24, 2.45) is 0 Å². The number of ether oxygens (including phenoxy) is 13. The number of carbonyl (C=O) groups excluding carboxylic acids is 4. The molecule has 3 saturated heterocycles. The van der Waals surface area contributed by atoms with Crippen LogP contribution in [-0.4, -0.2) is 134 Å². The number of hydrogen-bond donors (Lipinski definition) is 2. The number of benzene rings is 8. The minimum atomic E-state index is -1.70. The van der Waals surface area contributed by atoms with Crippen LogP contribution in [0.1, 0.15) is 72.7 Å². The van der Waals surface area contributed by atoms with Crippen LogP contribution in [0.3, 0.4) is 0 Å². The third-order valence-electron chi connectivity index (χ3n) is 16.4. The molecule has 0 spiro atoms. The Morgan fingerprint density at radius 1 is 0.379 bits per heavy atom. The third kappa shape index (κ3) is 18.6. The van der Waals surface area contributed by atoms with Gasteiger partial charge in [0.1, 0.15) is 61.5 Å². The van der Waals surface area contributed by atoms with E-state index in [1.807, 2.05) is 152 Å². The fourth-order valence-electron chi connectivity index (χ4n) is 11.6. The fourth-order valence-corrected chi connectivity index (χ4v) is 11.6. The summed E-state index contributed by atoms with van der Waals surface area (Å²) in [5, 5.41) is 15.0. The van der Waals surface area contributed by atoms with Crippen molar-refractivity contribution in [3.63, 3.8) is 0 Å². The van der Waals surface area contributed by atoms with Crippen molar-refractivity contribution in [2.45, 2.75) is 139 Å². The van der Waals surface area contributed by atoms with Crippen LogP contribution in [0.4, 0.5) is 0 Å². The van der Waals surface area contributed by atoms with Crippen LogP contribution in [0.25, 0.3) is 0 Å². The summed E-state index contributed by atoms with van der Waals surface area (Å²) in [5.74, 6) is -3.07. The minimum Gasteiger partial charge on any atom is -0.459 e. The second-order valence-electron chi connectivity index (χ2n) is 23.2. The zero-order chi connectivity index (χ0) is 65.7. The molecule has 494 valence electrons. The summed E-state index contributed by atoms with van der Waals surface area (Å²) >= 11 is 0. The highest BCUT2D eigenvalue weighted by atomic mass is 16.8. The van der Waals surface area contributed by atoms with Crippen LogP contribution in [0.15, 0.2) is 243 Å². The van der Waals surface area contributed by atoms with E-state index in [9.17, 15) is 24.3 Å². The molecule has 3 aliphatic heterocycles. The summed E-state index contributed by atoms with van der Waals surface area (Å²) in [6, 6.07) is 70.6. The Morgan fingerprint density at radius 2 is 0.747 bits per heavy atom. The molecule has 0 saturated carbocycles. The van der Waals surface area contributed by atoms with Gasteiger partial charge in [-0.3, -0.25) is 4.79 Å². The van der Waals surface area contributed by atoms with Crippen molar-refractivity contribution >= 4 is 23.8 Å². The van der Waals surface area contributed by atoms with Crippen molar-refractivity contribution in [3.8, 4) is 0 Å². The van der Waals surface area contributed by atoms with Crippen LogP contribution in [0, 0.1) is 0 Å². The first-order valence-electron chi connectivity index (χ1n) is 31.7. The molecule has 11 rings (SSSR count). The van der Waals surface area contributed by atoms with Gasteiger partial charge in [0.2, 0.25) is 5.91 Å². The molecular formula is C76H77NO18. The molecular weight excluding hydrogens is 1210 g/mol. The highest BCUT2D eigenvalue weighted by Gasteiger charge is 2.58. The number of esters is 3. The highest BCUT2D eigenvalue weighted by molar-refractivity contribution is 5.91. The van der Waals surface area contributed by atoms with Gasteiger partial charge in [-0.15, -0.1) is 0 Å². The smallest absolute Gasteiger partial charge is 0.338 e. The fraction of sp³-hybridized carbons (Fsp3) is 0.316. The molecule has 8 aromatic rings. The van der Waals surface area contributed by atoms with E-state index in [-0.39, 0.29) is 56.3 Å². The number of carbonyl (C=O) groups is 4. The molecule has 95 heavy (non-hydrogen) atoms. The largest absolute Gasteiger partial charge is 0.459 e. The zero-order valence-electron chi connectivity index (χ0n) is 52.6. The van der Waals surface area contributed by atoms with E-state index in [1.165, 1.54) is 6.92 Å². The molecule has 3 aliphatic rings. The average Bonchev–Trinajstić information content (AvgIpc) is 0.771. The molecule has 3 heterocycles. The van der Waals surface area contributed by atoms with Crippen molar-refractivity contribution in [2.75, 3.05) is 13.2 Å². The van der Waals surface area contributed by atoms with Crippen LogP contribution in [0.5, 0.6) is 0 Å². The molecule has 19 nitrogen and oxygen atoms in total. The van der Waals surface area contributed by atoms with E-state index in [4.69, 9.17) is 61.6 Å². The molecule has 0 aliphatic carbocycles. The Hall–Kier alpha value is -8.80. The summed E-state index contributed by atoms with van der Waals surface area (Å²) in [5.41, 5.74) is 4.53. The normalized spacial score (nSPS) is 25.7. The van der Waals surface area contributed by atoms with Crippen molar-refractivity contribution in [1.82, 2.24) is 5.32 Å². The van der Waals surface area contributed by atoms with Gasteiger partial charge in [-0.1, -0.05) is 206 Å². The summed E-state index contributed by atoms with van der Waals surface area (Å²) in [4.78, 5) is 56.9. The number of hydrogen-bond acceptors (Lipinski definition) is 18. The molecule has 15 atom stereocenters. The van der Waals surface area contributed by atoms with Gasteiger partial charge in [0, 0.05) is 6.92 Å². The first kappa shape index (κ1) is 67.6. The Bertz CT molecular complexity index is 3570. The quantitative estimate of drug-likeness (QED) is 0.0344. The molecule has 0 bridgehead atoms. The monoisotopic (exact) mass is 1290 g/mol. The predicted octanol–water partition coefficient (Wildman–Crippen LogP) is 10.3. The zero-order valence-corrected chi connectivity index (χ0v) is 52.6. The summed E-state index contributed by atoms with van der Waals surface area (Å²) in [7, 11) is 0. The molecule has 19 heteroatoms. The Labute approximate surface area is 551 Å². The molecule has 0 unspecified atom stereocenters. The van der Waals surface area contributed by atoms with Crippen molar-refractivity contribution in [1.29, 1.82) is 0 Å². The van der Waals surface area contributed by atoms with E-state index >= 15 is 0 Å². The van der Waals surface area contributed by atoms with Crippen LogP contribution in [0.2, 0.25) is 0 Å². The number of aliphatic hydroxyl groups is 1. The topological polar surface area (TPSA) is 221 Å². The number of aliphatic hydroxyl groups excluding tert-OH is 1. The van der Waals surface area contributed by atoms with Gasteiger partial charge in [0.15, 0.2) is 31.1 Å². The van der Waals surface area contributed by atoms with Gasteiger partial charge in [-0.25, -0.2) is 14.4 Å². The van der Waals surface area contributed by atoms with Crippen LogP contribution >= 0.6 is 0 Å². The number of amides is 1. The maximum Gasteiger partial charge on any atom is 0.338 e. The highest BCUT2D eigenvalue weighted by Crippen LogP contribution is 2.39. The maximum absolute atomic E-state index is 14.6. The lowest BCUT2D eigenvalue weighted by molar-refractivity contribution is -0.384. The van der Waals surface area contributed by atoms with Crippen molar-refractivity contribution < 1.29 is 85.9 Å². The van der Waals surface area contributed by atoms with Gasteiger partial charge in [0.25, 0.3) is 0 Å². The van der Waals surface area contributed by atoms with E-state index < -0.39 is 122 Å². The maximum atomic E-state index is 14.6.